The lowest BCUT2D eigenvalue weighted by Crippen LogP contribution is -2.43. The average molecular weight is 481 g/mol. The van der Waals surface area contributed by atoms with Crippen LogP contribution in [-0.4, -0.2) is 65.9 Å². The second kappa shape index (κ2) is 10.7. The normalized spacial score (nSPS) is 15.3. The number of amides is 2. The van der Waals surface area contributed by atoms with E-state index in [9.17, 15) is 9.59 Å². The Morgan fingerprint density at radius 2 is 1.94 bits per heavy atom. The van der Waals surface area contributed by atoms with E-state index in [0.29, 0.717) is 24.3 Å². The van der Waals surface area contributed by atoms with E-state index in [1.54, 1.807) is 49.8 Å². The van der Waals surface area contributed by atoms with E-state index in [2.05, 4.69) is 0 Å². The number of hydrogen-bond donors (Lipinski definition) is 0. The van der Waals surface area contributed by atoms with Crippen LogP contribution in [-0.2, 0) is 16.6 Å². The average Bonchev–Trinajstić information content (AvgIpc) is 3.61. The van der Waals surface area contributed by atoms with Gasteiger partial charge in [0.2, 0.25) is 0 Å². The van der Waals surface area contributed by atoms with Crippen LogP contribution in [0.15, 0.2) is 65.2 Å². The minimum absolute atomic E-state index is 0.101. The fourth-order valence-corrected chi connectivity index (χ4v) is 4.71. The standard InChI is InChI=1S/C25H28N4O4S/c1-27-12-4-6-21(27)22-16-20(23-7-5-15-34-23)26-29(22)24(30)17-28(13-14-32-2)25(31)18-8-10-19(33-3)11-9-18/h4-12,15,22H,13-14,16-17H2,1-3H3/t22-/m0/s1. The fraction of sp³-hybridized carbons (Fsp3) is 0.320. The van der Waals surface area contributed by atoms with Gasteiger partial charge in [-0.1, -0.05) is 6.07 Å². The van der Waals surface area contributed by atoms with Crippen molar-refractivity contribution in [2.24, 2.45) is 12.1 Å². The molecular weight excluding hydrogens is 452 g/mol. The highest BCUT2D eigenvalue weighted by Gasteiger charge is 2.35. The first-order chi connectivity index (χ1) is 16.5. The molecule has 0 saturated carbocycles. The molecule has 0 N–H and O–H groups in total. The van der Waals surface area contributed by atoms with Crippen LogP contribution in [0.5, 0.6) is 5.75 Å². The number of rotatable bonds is 9. The van der Waals surface area contributed by atoms with E-state index in [0.717, 1.165) is 16.3 Å². The van der Waals surface area contributed by atoms with E-state index in [1.165, 1.54) is 9.91 Å². The van der Waals surface area contributed by atoms with Crippen LogP contribution in [0.2, 0.25) is 0 Å². The van der Waals surface area contributed by atoms with Gasteiger partial charge in [-0.2, -0.15) is 5.10 Å². The van der Waals surface area contributed by atoms with Crippen LogP contribution in [0.1, 0.15) is 33.4 Å². The molecule has 34 heavy (non-hydrogen) atoms. The van der Waals surface area contributed by atoms with Gasteiger partial charge in [0.25, 0.3) is 11.8 Å². The zero-order valence-electron chi connectivity index (χ0n) is 19.5. The van der Waals surface area contributed by atoms with Gasteiger partial charge < -0.3 is 18.9 Å². The summed E-state index contributed by atoms with van der Waals surface area (Å²) in [5.74, 6) is 0.176. The number of hydrogen-bond acceptors (Lipinski definition) is 6. The van der Waals surface area contributed by atoms with Gasteiger partial charge in [0.15, 0.2) is 0 Å². The summed E-state index contributed by atoms with van der Waals surface area (Å²) >= 11 is 1.60. The predicted molar refractivity (Wildman–Crippen MR) is 131 cm³/mol. The minimum atomic E-state index is -0.245. The van der Waals surface area contributed by atoms with Crippen molar-refractivity contribution in [3.63, 3.8) is 0 Å². The molecule has 0 aliphatic carbocycles. The maximum atomic E-state index is 13.5. The topological polar surface area (TPSA) is 76.4 Å². The maximum Gasteiger partial charge on any atom is 0.262 e. The molecule has 1 aliphatic heterocycles. The lowest BCUT2D eigenvalue weighted by molar-refractivity contribution is -0.134. The van der Waals surface area contributed by atoms with Gasteiger partial charge in [-0.15, -0.1) is 11.3 Å². The highest BCUT2D eigenvalue weighted by molar-refractivity contribution is 7.12. The Kier molecular flexibility index (Phi) is 7.44. The molecule has 3 aromatic rings. The molecule has 9 heteroatoms. The van der Waals surface area contributed by atoms with Gasteiger partial charge in [-0.25, -0.2) is 5.01 Å². The SMILES string of the molecule is COCCN(CC(=O)N1N=C(c2cccs2)C[C@H]1c1cccn1C)C(=O)c1ccc(OC)cc1. The predicted octanol–water partition coefficient (Wildman–Crippen LogP) is 3.56. The smallest absolute Gasteiger partial charge is 0.262 e. The molecule has 0 saturated heterocycles. The van der Waals surface area contributed by atoms with Crippen molar-refractivity contribution in [1.29, 1.82) is 0 Å². The lowest BCUT2D eigenvalue weighted by atomic mass is 10.1. The quantitative estimate of drug-likeness (QED) is 0.469. The Labute approximate surface area is 203 Å². The van der Waals surface area contributed by atoms with Gasteiger partial charge in [-0.05, 0) is 47.8 Å². The number of hydrazone groups is 1. The van der Waals surface area contributed by atoms with E-state index in [-0.39, 0.29) is 30.9 Å². The molecule has 1 atom stereocenters. The first-order valence-electron chi connectivity index (χ1n) is 11.0. The van der Waals surface area contributed by atoms with E-state index >= 15 is 0 Å². The summed E-state index contributed by atoms with van der Waals surface area (Å²) in [6, 6.07) is 14.6. The molecule has 2 aromatic heterocycles. The number of benzene rings is 1. The van der Waals surface area contributed by atoms with Crippen molar-refractivity contribution in [1.82, 2.24) is 14.5 Å². The van der Waals surface area contributed by atoms with Crippen molar-refractivity contribution in [2.75, 3.05) is 33.9 Å². The van der Waals surface area contributed by atoms with Crippen LogP contribution < -0.4 is 4.74 Å². The Balaban J connectivity index is 1.58. The molecular formula is C25H28N4O4S. The number of methoxy groups -OCH3 is 2. The van der Waals surface area contributed by atoms with Crippen molar-refractivity contribution < 1.29 is 19.1 Å². The summed E-state index contributed by atoms with van der Waals surface area (Å²) in [6.07, 6.45) is 2.58. The van der Waals surface area contributed by atoms with Crippen molar-refractivity contribution in [3.05, 3.63) is 76.2 Å². The second-order valence-electron chi connectivity index (χ2n) is 7.97. The maximum absolute atomic E-state index is 13.5. The Morgan fingerprint density at radius 3 is 2.56 bits per heavy atom. The Hall–Kier alpha value is -3.43. The number of aromatic nitrogens is 1. The summed E-state index contributed by atoms with van der Waals surface area (Å²) in [7, 11) is 5.10. The van der Waals surface area contributed by atoms with Gasteiger partial charge >= 0.3 is 0 Å². The molecule has 4 rings (SSSR count). The van der Waals surface area contributed by atoms with E-state index in [1.807, 2.05) is 47.5 Å². The molecule has 0 radical (unpaired) electrons. The summed E-state index contributed by atoms with van der Waals surface area (Å²) in [4.78, 5) is 29.3. The van der Waals surface area contributed by atoms with Crippen molar-refractivity contribution >= 4 is 28.9 Å². The zero-order chi connectivity index (χ0) is 24.1. The third-order valence-corrected chi connectivity index (χ3v) is 6.73. The number of carbonyl (C=O) groups is 2. The Morgan fingerprint density at radius 1 is 1.15 bits per heavy atom. The van der Waals surface area contributed by atoms with Crippen LogP contribution in [0.3, 0.4) is 0 Å². The van der Waals surface area contributed by atoms with Gasteiger partial charge in [0, 0.05) is 44.6 Å². The van der Waals surface area contributed by atoms with Gasteiger partial charge in [0.05, 0.1) is 24.3 Å². The van der Waals surface area contributed by atoms with Crippen LogP contribution >= 0.6 is 11.3 Å². The number of nitrogens with zero attached hydrogens (tertiary/aromatic N) is 4. The summed E-state index contributed by atoms with van der Waals surface area (Å²) in [6.45, 7) is 0.508. The molecule has 178 valence electrons. The largest absolute Gasteiger partial charge is 0.497 e. The number of thiophene rings is 1. The van der Waals surface area contributed by atoms with Crippen molar-refractivity contribution in [2.45, 2.75) is 12.5 Å². The second-order valence-corrected chi connectivity index (χ2v) is 8.92. The molecule has 2 amide bonds. The molecule has 0 spiro atoms. The molecule has 0 bridgehead atoms. The van der Waals surface area contributed by atoms with Crippen LogP contribution in [0.4, 0.5) is 0 Å². The first-order valence-corrected chi connectivity index (χ1v) is 11.9. The zero-order valence-corrected chi connectivity index (χ0v) is 20.3. The molecule has 3 heterocycles. The number of ether oxygens (including phenoxy) is 2. The van der Waals surface area contributed by atoms with Gasteiger partial charge in [0.1, 0.15) is 18.3 Å². The van der Waals surface area contributed by atoms with Crippen molar-refractivity contribution in [3.8, 4) is 5.75 Å². The highest BCUT2D eigenvalue weighted by Crippen LogP contribution is 2.34. The minimum Gasteiger partial charge on any atom is -0.497 e. The molecule has 1 aliphatic rings. The first kappa shape index (κ1) is 23.7. The fourth-order valence-electron chi connectivity index (χ4n) is 3.99. The third kappa shape index (κ3) is 5.05. The summed E-state index contributed by atoms with van der Waals surface area (Å²) in [5.41, 5.74) is 2.35. The van der Waals surface area contributed by atoms with E-state index < -0.39 is 0 Å². The highest BCUT2D eigenvalue weighted by atomic mass is 32.1. The van der Waals surface area contributed by atoms with Crippen LogP contribution in [0, 0.1) is 0 Å². The third-order valence-electron chi connectivity index (χ3n) is 5.81. The summed E-state index contributed by atoms with van der Waals surface area (Å²) in [5, 5.41) is 8.24. The molecule has 1 aromatic carbocycles. The lowest BCUT2D eigenvalue weighted by Gasteiger charge is -2.27. The Bertz CT molecular complexity index is 1150. The monoisotopic (exact) mass is 480 g/mol. The molecule has 0 unspecified atom stereocenters. The van der Waals surface area contributed by atoms with E-state index in [4.69, 9.17) is 14.6 Å². The summed E-state index contributed by atoms with van der Waals surface area (Å²) < 4.78 is 12.4. The molecule has 0 fully saturated rings. The van der Waals surface area contributed by atoms with Crippen LogP contribution in [0.25, 0.3) is 0 Å². The van der Waals surface area contributed by atoms with Gasteiger partial charge in [-0.3, -0.25) is 9.59 Å². The number of aryl methyl sites for hydroxylation is 1. The molecule has 8 nitrogen and oxygen atoms in total. The number of carbonyl (C=O) groups excluding carboxylic acids is 2.